The van der Waals surface area contributed by atoms with E-state index in [0.717, 1.165) is 30.1 Å². The van der Waals surface area contributed by atoms with Crippen LogP contribution in [0.3, 0.4) is 0 Å². The molecular weight excluding hydrogens is 534 g/mol. The maximum Gasteiger partial charge on any atom is 0.490 e. The number of aromatic nitrogens is 4. The van der Waals surface area contributed by atoms with Gasteiger partial charge in [0.1, 0.15) is 16.2 Å². The summed E-state index contributed by atoms with van der Waals surface area (Å²) in [7, 11) is 1.34. The number of aliphatic hydroxyl groups excluding tert-OH is 1. The number of nitrogens with one attached hydrogen (secondary N) is 2. The van der Waals surface area contributed by atoms with Gasteiger partial charge in [0.25, 0.3) is 5.91 Å². The average molecular weight is 554 g/mol. The molecule has 10 nitrogen and oxygen atoms in total. The van der Waals surface area contributed by atoms with Gasteiger partial charge in [-0.05, 0) is 12.8 Å². The third-order valence-corrected chi connectivity index (χ3v) is 6.05. The van der Waals surface area contributed by atoms with Gasteiger partial charge in [0.05, 0.1) is 29.6 Å². The average Bonchev–Trinajstić information content (AvgIpc) is 3.38. The lowest BCUT2D eigenvalue weighted by Gasteiger charge is -2.28. The number of carboxylic acid groups (broad SMARTS) is 1. The number of aliphatic carboxylic acids is 1. The maximum atomic E-state index is 13.1. The molecule has 2 atom stereocenters. The Bertz CT molecular complexity index is 1270. The summed E-state index contributed by atoms with van der Waals surface area (Å²) in [4.78, 5) is 30.8. The van der Waals surface area contributed by atoms with E-state index in [2.05, 4.69) is 25.7 Å². The molecule has 0 radical (unpaired) electrons. The molecule has 0 aromatic carbocycles. The number of fused-ring (bicyclic) bond motifs is 1. The van der Waals surface area contributed by atoms with E-state index in [1.54, 1.807) is 0 Å². The SMILES string of the molecule is Cn1cc(NC(=O)c2csc3ncc(N[C@@H]4CCCC[C@@H]4O)nc23)c(C(F)(F)F)n1.O=C(O)C(F)(F)F. The van der Waals surface area contributed by atoms with Crippen molar-refractivity contribution in [1.82, 2.24) is 19.7 Å². The number of hydrogen-bond acceptors (Lipinski definition) is 8. The number of aliphatic hydroxyl groups is 1. The lowest BCUT2D eigenvalue weighted by atomic mass is 9.93. The highest BCUT2D eigenvalue weighted by Gasteiger charge is 2.39. The molecule has 17 heteroatoms. The van der Waals surface area contributed by atoms with Crippen LogP contribution in [0.1, 0.15) is 41.7 Å². The van der Waals surface area contributed by atoms with Gasteiger partial charge in [-0.2, -0.15) is 31.4 Å². The van der Waals surface area contributed by atoms with Crippen LogP contribution in [-0.4, -0.2) is 60.2 Å². The van der Waals surface area contributed by atoms with E-state index in [9.17, 15) is 36.2 Å². The summed E-state index contributed by atoms with van der Waals surface area (Å²) >= 11 is 1.17. The highest BCUT2D eigenvalue weighted by molar-refractivity contribution is 7.17. The second-order valence-electron chi connectivity index (χ2n) is 7.98. The van der Waals surface area contributed by atoms with E-state index < -0.39 is 41.7 Å². The van der Waals surface area contributed by atoms with Crippen molar-refractivity contribution in [3.05, 3.63) is 29.0 Å². The Morgan fingerprint density at radius 1 is 1.16 bits per heavy atom. The number of rotatable bonds is 4. The number of thiophene rings is 1. The summed E-state index contributed by atoms with van der Waals surface area (Å²) in [6, 6.07) is -0.161. The Morgan fingerprint density at radius 3 is 2.41 bits per heavy atom. The van der Waals surface area contributed by atoms with Gasteiger partial charge >= 0.3 is 18.3 Å². The summed E-state index contributed by atoms with van der Waals surface area (Å²) in [5.74, 6) is -3.09. The van der Waals surface area contributed by atoms with E-state index in [4.69, 9.17) is 9.90 Å². The van der Waals surface area contributed by atoms with Crippen LogP contribution in [0.5, 0.6) is 0 Å². The molecule has 4 rings (SSSR count). The van der Waals surface area contributed by atoms with Crippen LogP contribution < -0.4 is 10.6 Å². The number of aryl methyl sites for hydroxylation is 1. The number of halogens is 6. The van der Waals surface area contributed by atoms with Gasteiger partial charge in [-0.3, -0.25) is 9.48 Å². The first-order chi connectivity index (χ1) is 17.2. The number of anilines is 2. The third kappa shape index (κ3) is 7.06. The summed E-state index contributed by atoms with van der Waals surface area (Å²) in [5.41, 5.74) is -1.20. The van der Waals surface area contributed by atoms with E-state index >= 15 is 0 Å². The Kier molecular flexibility index (Phi) is 8.26. The third-order valence-electron chi connectivity index (χ3n) is 5.18. The van der Waals surface area contributed by atoms with Crippen molar-refractivity contribution in [2.75, 3.05) is 10.6 Å². The molecule has 37 heavy (non-hydrogen) atoms. The van der Waals surface area contributed by atoms with Crippen molar-refractivity contribution >= 4 is 45.1 Å². The molecule has 1 amide bonds. The first-order valence-electron chi connectivity index (χ1n) is 10.6. The van der Waals surface area contributed by atoms with Crippen LogP contribution in [0.4, 0.5) is 37.8 Å². The van der Waals surface area contributed by atoms with E-state index in [1.165, 1.54) is 30.0 Å². The molecule has 4 N–H and O–H groups in total. The molecule has 0 aliphatic heterocycles. The Balaban J connectivity index is 0.000000479. The lowest BCUT2D eigenvalue weighted by molar-refractivity contribution is -0.192. The zero-order chi connectivity index (χ0) is 27.5. The molecule has 1 aliphatic carbocycles. The predicted molar refractivity (Wildman–Crippen MR) is 119 cm³/mol. The molecule has 0 saturated heterocycles. The van der Waals surface area contributed by atoms with Crippen molar-refractivity contribution in [1.29, 1.82) is 0 Å². The van der Waals surface area contributed by atoms with Gasteiger partial charge in [0, 0.05) is 18.6 Å². The zero-order valence-electron chi connectivity index (χ0n) is 18.9. The molecule has 1 saturated carbocycles. The number of nitrogens with zero attached hydrogens (tertiary/aromatic N) is 4. The molecule has 1 aliphatic rings. The standard InChI is InChI=1S/C18H19F3N6O2S.C2HF3O2/c1-27-7-11(15(26-27)18(19,20)21)24-16(29)9-8-30-17-14(9)25-13(6-22-17)23-10-4-2-3-5-12(10)28;3-2(4,5)1(6)7/h6-8,10,12,28H,2-5H2,1H3,(H,23,25)(H,24,29);(H,6,7)/t10-,12+;/m1./s1. The van der Waals surface area contributed by atoms with Crippen LogP contribution in [0, 0.1) is 0 Å². The Morgan fingerprint density at radius 2 is 1.81 bits per heavy atom. The van der Waals surface area contributed by atoms with E-state index in [1.807, 2.05) is 0 Å². The molecule has 0 bridgehead atoms. The largest absolute Gasteiger partial charge is 0.490 e. The second-order valence-corrected chi connectivity index (χ2v) is 8.84. The minimum Gasteiger partial charge on any atom is -0.475 e. The van der Waals surface area contributed by atoms with Gasteiger partial charge in [-0.1, -0.05) is 12.8 Å². The molecule has 202 valence electrons. The van der Waals surface area contributed by atoms with E-state index in [0.29, 0.717) is 17.1 Å². The summed E-state index contributed by atoms with van der Waals surface area (Å²) in [5, 5.41) is 27.6. The van der Waals surface area contributed by atoms with Crippen molar-refractivity contribution in [3.8, 4) is 0 Å². The molecule has 0 spiro atoms. The fourth-order valence-electron chi connectivity index (χ4n) is 3.49. The van der Waals surface area contributed by atoms with Gasteiger partial charge in [0.2, 0.25) is 0 Å². The van der Waals surface area contributed by atoms with Crippen molar-refractivity contribution in [3.63, 3.8) is 0 Å². The first kappa shape index (κ1) is 28.1. The van der Waals surface area contributed by atoms with Crippen LogP contribution >= 0.6 is 11.3 Å². The summed E-state index contributed by atoms with van der Waals surface area (Å²) in [6.45, 7) is 0. The van der Waals surface area contributed by atoms with Crippen molar-refractivity contribution in [2.24, 2.45) is 7.05 Å². The monoisotopic (exact) mass is 554 g/mol. The van der Waals surface area contributed by atoms with Gasteiger partial charge in [-0.25, -0.2) is 14.8 Å². The van der Waals surface area contributed by atoms with Gasteiger partial charge in [0.15, 0.2) is 5.69 Å². The van der Waals surface area contributed by atoms with Crippen LogP contribution in [-0.2, 0) is 18.0 Å². The Labute approximate surface area is 208 Å². The number of carboxylic acids is 1. The smallest absolute Gasteiger partial charge is 0.475 e. The zero-order valence-corrected chi connectivity index (χ0v) is 19.7. The highest BCUT2D eigenvalue weighted by Crippen LogP contribution is 2.34. The highest BCUT2D eigenvalue weighted by atomic mass is 32.1. The van der Waals surface area contributed by atoms with Gasteiger partial charge in [-0.15, -0.1) is 11.3 Å². The number of carbonyl (C=O) groups excluding carboxylic acids is 1. The number of amides is 1. The lowest BCUT2D eigenvalue weighted by Crippen LogP contribution is -2.36. The predicted octanol–water partition coefficient (Wildman–Crippen LogP) is 4.04. The van der Waals surface area contributed by atoms with Crippen LogP contribution in [0.25, 0.3) is 10.3 Å². The normalized spacial score (nSPS) is 18.2. The van der Waals surface area contributed by atoms with Gasteiger partial charge < -0.3 is 20.8 Å². The summed E-state index contributed by atoms with van der Waals surface area (Å²) < 4.78 is 72.1. The molecule has 3 heterocycles. The van der Waals surface area contributed by atoms with Crippen LogP contribution in [0.15, 0.2) is 17.8 Å². The molecular formula is C20H20F6N6O4S. The van der Waals surface area contributed by atoms with Crippen molar-refractivity contribution < 1.29 is 46.1 Å². The number of alkyl halides is 6. The molecule has 1 fully saturated rings. The maximum absolute atomic E-state index is 13.1. The van der Waals surface area contributed by atoms with E-state index in [-0.39, 0.29) is 17.1 Å². The topological polar surface area (TPSA) is 142 Å². The molecule has 0 unspecified atom stereocenters. The minimum absolute atomic E-state index is 0.118. The number of hydrogen-bond donors (Lipinski definition) is 4. The second kappa shape index (κ2) is 10.9. The quantitative estimate of drug-likeness (QED) is 0.354. The first-order valence-corrected chi connectivity index (χ1v) is 11.5. The number of carbonyl (C=O) groups is 2. The minimum atomic E-state index is -5.08. The fraction of sp³-hybridized carbons (Fsp3) is 0.450. The fourth-order valence-corrected chi connectivity index (χ4v) is 4.32. The van der Waals surface area contributed by atoms with Crippen molar-refractivity contribution in [2.45, 2.75) is 50.2 Å². The molecule has 3 aromatic heterocycles. The van der Waals surface area contributed by atoms with Crippen LogP contribution in [0.2, 0.25) is 0 Å². The molecule has 3 aromatic rings. The summed E-state index contributed by atoms with van der Waals surface area (Å²) in [6.07, 6.45) is -4.21. The Hall–Kier alpha value is -3.47.